The Kier molecular flexibility index (Phi) is 3.79. The summed E-state index contributed by atoms with van der Waals surface area (Å²) in [5.41, 5.74) is 5.76. The largest absolute Gasteiger partial charge is 0.485 e. The maximum absolute atomic E-state index is 12.0. The Balaban J connectivity index is 3.00. The van der Waals surface area contributed by atoms with E-state index in [0.717, 1.165) is 12.2 Å². The van der Waals surface area contributed by atoms with Gasteiger partial charge in [0.25, 0.3) is 0 Å². The maximum atomic E-state index is 12.0. The van der Waals surface area contributed by atoms with E-state index in [1.54, 1.807) is 0 Å². The maximum Gasteiger partial charge on any atom is 0.485 e. The average Bonchev–Trinajstić information content (AvgIpc) is 2.18. The highest BCUT2D eigenvalue weighted by atomic mass is 19.4. The standard InChI is InChI=1S/C10H10F3N3O2/c1-6(17)16(9(18)15-10(11,12)13)8-4-2-7(14)3-5-8/h2-5H,14H2,1H3,(H,15,18). The number of carbonyl (C=O) groups excluding carboxylic acids is 2. The minimum atomic E-state index is -4.90. The van der Waals surface area contributed by atoms with Crippen LogP contribution in [0.1, 0.15) is 6.92 Å². The SMILES string of the molecule is CC(=O)N(C(=O)NC(F)(F)F)c1ccc(N)cc1. The van der Waals surface area contributed by atoms with Crippen molar-refractivity contribution in [1.82, 2.24) is 5.32 Å². The van der Waals surface area contributed by atoms with E-state index in [1.165, 1.54) is 24.3 Å². The van der Waals surface area contributed by atoms with Crippen molar-refractivity contribution >= 4 is 23.3 Å². The first-order valence-electron chi connectivity index (χ1n) is 4.76. The molecule has 0 aromatic heterocycles. The number of nitrogens with zero attached hydrogens (tertiary/aromatic N) is 1. The van der Waals surface area contributed by atoms with Crippen molar-refractivity contribution in [2.24, 2.45) is 0 Å². The number of amides is 3. The second-order valence-corrected chi connectivity index (χ2v) is 3.37. The lowest BCUT2D eigenvalue weighted by atomic mass is 10.2. The molecule has 0 aliphatic carbocycles. The fourth-order valence-electron chi connectivity index (χ4n) is 1.24. The van der Waals surface area contributed by atoms with E-state index < -0.39 is 18.2 Å². The topological polar surface area (TPSA) is 75.4 Å². The molecule has 5 nitrogen and oxygen atoms in total. The zero-order valence-electron chi connectivity index (χ0n) is 9.28. The van der Waals surface area contributed by atoms with Gasteiger partial charge in [-0.3, -0.25) is 4.79 Å². The number of nitrogen functional groups attached to an aromatic ring is 1. The van der Waals surface area contributed by atoms with Gasteiger partial charge in [0.15, 0.2) is 0 Å². The average molecular weight is 261 g/mol. The molecule has 0 radical (unpaired) electrons. The first-order chi connectivity index (χ1) is 8.20. The molecule has 3 N–H and O–H groups in total. The highest BCUT2D eigenvalue weighted by Gasteiger charge is 2.34. The second kappa shape index (κ2) is 4.94. The number of carbonyl (C=O) groups is 2. The molecular formula is C10H10F3N3O2. The van der Waals surface area contributed by atoms with Crippen molar-refractivity contribution < 1.29 is 22.8 Å². The van der Waals surface area contributed by atoms with Crippen LogP contribution in [-0.2, 0) is 4.79 Å². The number of hydrogen-bond donors (Lipinski definition) is 2. The number of hydrogen-bond acceptors (Lipinski definition) is 3. The molecule has 0 aliphatic heterocycles. The molecular weight excluding hydrogens is 251 g/mol. The van der Waals surface area contributed by atoms with Gasteiger partial charge in [0.1, 0.15) is 0 Å². The zero-order valence-corrected chi connectivity index (χ0v) is 9.28. The van der Waals surface area contributed by atoms with E-state index in [4.69, 9.17) is 5.73 Å². The van der Waals surface area contributed by atoms with Crippen LogP contribution in [0.3, 0.4) is 0 Å². The highest BCUT2D eigenvalue weighted by Crippen LogP contribution is 2.18. The van der Waals surface area contributed by atoms with Crippen molar-refractivity contribution in [2.75, 3.05) is 10.6 Å². The fourth-order valence-corrected chi connectivity index (χ4v) is 1.24. The third-order valence-electron chi connectivity index (χ3n) is 1.92. The molecule has 1 aromatic rings. The van der Waals surface area contributed by atoms with Crippen LogP contribution in [0.5, 0.6) is 0 Å². The smallest absolute Gasteiger partial charge is 0.399 e. The second-order valence-electron chi connectivity index (χ2n) is 3.37. The number of nitrogens with one attached hydrogen (secondary N) is 1. The van der Waals surface area contributed by atoms with Crippen LogP contribution in [0, 0.1) is 0 Å². The molecule has 0 spiro atoms. The molecule has 0 unspecified atom stereocenters. The van der Waals surface area contributed by atoms with E-state index in [2.05, 4.69) is 0 Å². The van der Waals surface area contributed by atoms with Gasteiger partial charge in [-0.05, 0) is 24.3 Å². The monoisotopic (exact) mass is 261 g/mol. The molecule has 8 heteroatoms. The zero-order chi connectivity index (χ0) is 13.9. The van der Waals surface area contributed by atoms with E-state index in [1.807, 2.05) is 0 Å². The number of anilines is 2. The van der Waals surface area contributed by atoms with E-state index >= 15 is 0 Å². The Morgan fingerprint density at radius 2 is 1.72 bits per heavy atom. The van der Waals surface area contributed by atoms with Gasteiger partial charge in [-0.25, -0.2) is 15.0 Å². The summed E-state index contributed by atoms with van der Waals surface area (Å²) in [4.78, 5) is 22.9. The first-order valence-corrected chi connectivity index (χ1v) is 4.76. The highest BCUT2D eigenvalue weighted by molar-refractivity contribution is 6.13. The predicted molar refractivity (Wildman–Crippen MR) is 58.6 cm³/mol. The lowest BCUT2D eigenvalue weighted by molar-refractivity contribution is -0.145. The molecule has 3 amide bonds. The Bertz CT molecular complexity index is 456. The van der Waals surface area contributed by atoms with Gasteiger partial charge in [0.05, 0.1) is 5.69 Å². The fraction of sp³-hybridized carbons (Fsp3) is 0.200. The summed E-state index contributed by atoms with van der Waals surface area (Å²) in [6, 6.07) is 3.71. The van der Waals surface area contributed by atoms with Crippen LogP contribution >= 0.6 is 0 Å². The van der Waals surface area contributed by atoms with Crippen LogP contribution in [0.15, 0.2) is 24.3 Å². The van der Waals surface area contributed by atoms with E-state index in [-0.39, 0.29) is 5.69 Å². The summed E-state index contributed by atoms with van der Waals surface area (Å²) in [5.74, 6) is -0.846. The van der Waals surface area contributed by atoms with Crippen molar-refractivity contribution in [1.29, 1.82) is 0 Å². The number of nitrogens with two attached hydrogens (primary N) is 1. The Labute approximate surface area is 100 Å². The minimum Gasteiger partial charge on any atom is -0.399 e. The molecule has 18 heavy (non-hydrogen) atoms. The molecule has 98 valence electrons. The summed E-state index contributed by atoms with van der Waals surface area (Å²) in [6.45, 7) is 0.978. The minimum absolute atomic E-state index is 0.00144. The molecule has 0 saturated carbocycles. The van der Waals surface area contributed by atoms with Crippen LogP contribution in [-0.4, -0.2) is 18.2 Å². The molecule has 0 fully saturated rings. The molecule has 0 heterocycles. The normalized spacial score (nSPS) is 10.9. The quantitative estimate of drug-likeness (QED) is 0.598. The number of imide groups is 1. The summed E-state index contributed by atoms with van der Waals surface area (Å²) in [6.07, 6.45) is -4.90. The van der Waals surface area contributed by atoms with Gasteiger partial charge < -0.3 is 5.73 Å². The molecule has 0 bridgehead atoms. The van der Waals surface area contributed by atoms with Crippen molar-refractivity contribution in [3.63, 3.8) is 0 Å². The Morgan fingerprint density at radius 1 is 1.22 bits per heavy atom. The van der Waals surface area contributed by atoms with Crippen LogP contribution in [0.25, 0.3) is 0 Å². The third-order valence-corrected chi connectivity index (χ3v) is 1.92. The van der Waals surface area contributed by atoms with Crippen LogP contribution < -0.4 is 16.0 Å². The van der Waals surface area contributed by atoms with Gasteiger partial charge in [-0.15, -0.1) is 0 Å². The molecule has 0 aliphatic rings. The molecule has 1 rings (SSSR count). The lowest BCUT2D eigenvalue weighted by Gasteiger charge is -2.20. The first kappa shape index (κ1) is 13.8. The van der Waals surface area contributed by atoms with E-state index in [0.29, 0.717) is 10.6 Å². The van der Waals surface area contributed by atoms with Gasteiger partial charge in [0, 0.05) is 12.6 Å². The molecule has 0 saturated heterocycles. The van der Waals surface area contributed by atoms with Gasteiger partial charge >= 0.3 is 12.3 Å². The Hall–Kier alpha value is -2.25. The summed E-state index contributed by atoms with van der Waals surface area (Å²) in [7, 11) is 0. The summed E-state index contributed by atoms with van der Waals surface area (Å²) >= 11 is 0. The lowest BCUT2D eigenvalue weighted by Crippen LogP contribution is -2.48. The molecule has 1 aromatic carbocycles. The number of rotatable bonds is 1. The van der Waals surface area contributed by atoms with Crippen molar-refractivity contribution in [2.45, 2.75) is 13.2 Å². The van der Waals surface area contributed by atoms with Gasteiger partial charge in [-0.1, -0.05) is 0 Å². The third kappa shape index (κ3) is 3.65. The van der Waals surface area contributed by atoms with Crippen molar-refractivity contribution in [3.05, 3.63) is 24.3 Å². The van der Waals surface area contributed by atoms with Crippen LogP contribution in [0.2, 0.25) is 0 Å². The van der Waals surface area contributed by atoms with Gasteiger partial charge in [0.2, 0.25) is 5.91 Å². The number of alkyl halides is 3. The Morgan fingerprint density at radius 3 is 2.11 bits per heavy atom. The number of urea groups is 1. The summed E-state index contributed by atoms with van der Waals surface area (Å²) < 4.78 is 36.1. The van der Waals surface area contributed by atoms with Gasteiger partial charge in [-0.2, -0.15) is 13.2 Å². The summed E-state index contributed by atoms with van der Waals surface area (Å²) in [5, 5.41) is 0.749. The predicted octanol–water partition coefficient (Wildman–Crippen LogP) is 1.85. The number of halogens is 3. The van der Waals surface area contributed by atoms with Crippen molar-refractivity contribution in [3.8, 4) is 0 Å². The van der Waals surface area contributed by atoms with Crippen LogP contribution in [0.4, 0.5) is 29.3 Å². The van der Waals surface area contributed by atoms with E-state index in [9.17, 15) is 22.8 Å². The number of benzene rings is 1. The molecule has 0 atom stereocenters.